The van der Waals surface area contributed by atoms with Gasteiger partial charge in [-0.1, -0.05) is 15.9 Å². The van der Waals surface area contributed by atoms with Crippen LogP contribution in [0, 0.1) is 5.92 Å². The predicted molar refractivity (Wildman–Crippen MR) is 83.6 cm³/mol. The summed E-state index contributed by atoms with van der Waals surface area (Å²) in [7, 11) is 0. The summed E-state index contributed by atoms with van der Waals surface area (Å²) in [5.74, 6) is 1.63. The van der Waals surface area contributed by atoms with Gasteiger partial charge in [-0.3, -0.25) is 0 Å². The van der Waals surface area contributed by atoms with Crippen LogP contribution in [0.1, 0.15) is 25.7 Å². The van der Waals surface area contributed by atoms with E-state index < -0.39 is 0 Å². The summed E-state index contributed by atoms with van der Waals surface area (Å²) in [6.07, 6.45) is 5.08. The van der Waals surface area contributed by atoms with E-state index in [0.29, 0.717) is 12.0 Å². The Balaban J connectivity index is 1.64. The van der Waals surface area contributed by atoms with E-state index in [1.165, 1.54) is 30.6 Å². The van der Waals surface area contributed by atoms with Crippen molar-refractivity contribution in [1.82, 2.24) is 5.32 Å². The van der Waals surface area contributed by atoms with Gasteiger partial charge < -0.3 is 10.4 Å². The van der Waals surface area contributed by atoms with Crippen molar-refractivity contribution < 1.29 is 5.11 Å². The molecule has 19 heavy (non-hydrogen) atoms. The molecule has 4 heteroatoms. The third-order valence-electron chi connectivity index (χ3n) is 4.02. The fraction of sp³-hybridized carbons (Fsp3) is 0.600. The molecule has 1 aromatic rings. The van der Waals surface area contributed by atoms with Crippen molar-refractivity contribution in [3.63, 3.8) is 0 Å². The summed E-state index contributed by atoms with van der Waals surface area (Å²) in [6.45, 7) is 0.262. The summed E-state index contributed by atoms with van der Waals surface area (Å²) >= 11 is 5.32. The van der Waals surface area contributed by atoms with Crippen molar-refractivity contribution in [2.24, 2.45) is 5.92 Å². The van der Waals surface area contributed by atoms with Gasteiger partial charge in [-0.2, -0.15) is 0 Å². The van der Waals surface area contributed by atoms with Gasteiger partial charge in [-0.05, 0) is 55.9 Å². The van der Waals surface area contributed by atoms with Crippen molar-refractivity contribution >= 4 is 27.7 Å². The van der Waals surface area contributed by atoms with Crippen molar-refractivity contribution in [2.75, 3.05) is 12.4 Å². The van der Waals surface area contributed by atoms with Crippen LogP contribution in [0.15, 0.2) is 33.6 Å². The molecule has 2 aliphatic rings. The van der Waals surface area contributed by atoms with Crippen LogP contribution in [0.5, 0.6) is 0 Å². The van der Waals surface area contributed by atoms with E-state index in [0.717, 1.165) is 10.2 Å². The minimum absolute atomic E-state index is 0.0566. The lowest BCUT2D eigenvalue weighted by Crippen LogP contribution is -2.53. The second kappa shape index (κ2) is 5.76. The largest absolute Gasteiger partial charge is 0.394 e. The number of thioether (sulfide) groups is 1. The molecule has 2 fully saturated rings. The lowest BCUT2D eigenvalue weighted by atomic mass is 9.96. The van der Waals surface area contributed by atoms with Gasteiger partial charge in [0.15, 0.2) is 0 Å². The van der Waals surface area contributed by atoms with Gasteiger partial charge in [-0.25, -0.2) is 0 Å². The fourth-order valence-corrected chi connectivity index (χ4v) is 3.94. The second-order valence-electron chi connectivity index (χ2n) is 5.75. The van der Waals surface area contributed by atoms with E-state index in [2.05, 4.69) is 45.5 Å². The highest BCUT2D eigenvalue weighted by molar-refractivity contribution is 9.10. The predicted octanol–water partition coefficient (Wildman–Crippen LogP) is 3.43. The summed E-state index contributed by atoms with van der Waals surface area (Å²) < 4.78 is 1.11. The van der Waals surface area contributed by atoms with Crippen LogP contribution in [0.4, 0.5) is 0 Å². The van der Waals surface area contributed by atoms with Crippen molar-refractivity contribution in [3.8, 4) is 0 Å². The van der Waals surface area contributed by atoms with Crippen LogP contribution in [0.2, 0.25) is 0 Å². The van der Waals surface area contributed by atoms with Gasteiger partial charge in [0.25, 0.3) is 0 Å². The minimum Gasteiger partial charge on any atom is -0.394 e. The van der Waals surface area contributed by atoms with Gasteiger partial charge in [-0.15, -0.1) is 11.8 Å². The van der Waals surface area contributed by atoms with Crippen LogP contribution in [0.3, 0.4) is 0 Å². The molecule has 0 amide bonds. The van der Waals surface area contributed by atoms with Crippen LogP contribution in [-0.2, 0) is 0 Å². The number of hydrogen-bond acceptors (Lipinski definition) is 3. The molecule has 0 radical (unpaired) electrons. The average molecular weight is 342 g/mol. The quantitative estimate of drug-likeness (QED) is 0.745. The molecule has 0 bridgehead atoms. The van der Waals surface area contributed by atoms with Gasteiger partial charge in [0.1, 0.15) is 0 Å². The second-order valence-corrected chi connectivity index (χ2v) is 7.71. The average Bonchev–Trinajstić information content (AvgIpc) is 3.28. The van der Waals surface area contributed by atoms with E-state index in [9.17, 15) is 5.11 Å². The van der Waals surface area contributed by atoms with E-state index in [4.69, 9.17) is 0 Å². The van der Waals surface area contributed by atoms with E-state index in [1.54, 1.807) is 0 Å². The van der Waals surface area contributed by atoms with Gasteiger partial charge in [0.05, 0.1) is 12.1 Å². The first kappa shape index (κ1) is 13.9. The Labute approximate surface area is 127 Å². The van der Waals surface area contributed by atoms with Crippen LogP contribution >= 0.6 is 27.7 Å². The van der Waals surface area contributed by atoms with Gasteiger partial charge in [0, 0.05) is 21.2 Å². The number of nitrogens with one attached hydrogen (secondary N) is 1. The lowest BCUT2D eigenvalue weighted by molar-refractivity contribution is 0.157. The molecule has 1 atom stereocenters. The first-order valence-corrected chi connectivity index (χ1v) is 8.77. The van der Waals surface area contributed by atoms with Gasteiger partial charge in [0.2, 0.25) is 0 Å². The van der Waals surface area contributed by atoms with E-state index >= 15 is 0 Å². The smallest absolute Gasteiger partial charge is 0.0624 e. The van der Waals surface area contributed by atoms with Crippen molar-refractivity contribution in [1.29, 1.82) is 0 Å². The molecule has 104 valence electrons. The zero-order valence-corrected chi connectivity index (χ0v) is 13.3. The molecular formula is C15H20BrNOS. The zero-order valence-electron chi connectivity index (χ0n) is 10.9. The monoisotopic (exact) mass is 341 g/mol. The summed E-state index contributed by atoms with van der Waals surface area (Å²) in [5, 5.41) is 13.6. The Bertz CT molecular complexity index is 430. The number of aliphatic hydroxyl groups excluding tert-OH is 1. The topological polar surface area (TPSA) is 32.3 Å². The fourth-order valence-electron chi connectivity index (χ4n) is 2.51. The maximum atomic E-state index is 9.90. The highest BCUT2D eigenvalue weighted by atomic mass is 79.9. The molecule has 1 unspecified atom stereocenters. The summed E-state index contributed by atoms with van der Waals surface area (Å²) in [4.78, 5) is 1.28. The molecule has 2 nitrogen and oxygen atoms in total. The Morgan fingerprint density at radius 3 is 2.42 bits per heavy atom. The Morgan fingerprint density at radius 2 is 1.89 bits per heavy atom. The van der Waals surface area contributed by atoms with Crippen LogP contribution in [-0.4, -0.2) is 29.0 Å². The molecule has 2 N–H and O–H groups in total. The van der Waals surface area contributed by atoms with Crippen molar-refractivity contribution in [3.05, 3.63) is 28.7 Å². The zero-order chi connectivity index (χ0) is 13.3. The molecule has 0 heterocycles. The molecule has 0 spiro atoms. The maximum absolute atomic E-state index is 9.90. The highest BCUT2D eigenvalue weighted by Gasteiger charge is 2.47. The minimum atomic E-state index is -0.0566. The SMILES string of the molecule is OCC(CSc1ccc(Br)cc1)(NC1CC1)C1CC1. The molecule has 1 aromatic carbocycles. The summed E-state index contributed by atoms with van der Waals surface area (Å²) in [5.41, 5.74) is -0.0566. The molecule has 0 aromatic heterocycles. The lowest BCUT2D eigenvalue weighted by Gasteiger charge is -2.33. The first-order chi connectivity index (χ1) is 9.22. The Hall–Kier alpha value is -0.0300. The Morgan fingerprint density at radius 1 is 1.21 bits per heavy atom. The summed E-state index contributed by atoms with van der Waals surface area (Å²) in [6, 6.07) is 9.09. The van der Waals surface area contributed by atoms with Gasteiger partial charge >= 0.3 is 0 Å². The first-order valence-electron chi connectivity index (χ1n) is 6.99. The normalized spacial score (nSPS) is 22.2. The Kier molecular flexibility index (Phi) is 4.22. The molecule has 2 saturated carbocycles. The third kappa shape index (κ3) is 3.54. The van der Waals surface area contributed by atoms with Crippen LogP contribution in [0.25, 0.3) is 0 Å². The number of hydrogen-bond donors (Lipinski definition) is 2. The molecule has 3 rings (SSSR count). The standard InChI is InChI=1S/C15H20BrNOS/c16-12-3-7-14(8-4-12)19-10-15(9-18,11-1-2-11)17-13-5-6-13/h3-4,7-8,11,13,17-18H,1-2,5-6,9-10H2. The number of rotatable bonds is 7. The van der Waals surface area contributed by atoms with E-state index in [-0.39, 0.29) is 12.1 Å². The highest BCUT2D eigenvalue weighted by Crippen LogP contribution is 2.43. The van der Waals surface area contributed by atoms with Crippen molar-refractivity contribution in [2.45, 2.75) is 42.2 Å². The number of benzene rings is 1. The third-order valence-corrected chi connectivity index (χ3v) is 5.81. The number of halogens is 1. The van der Waals surface area contributed by atoms with E-state index in [1.807, 2.05) is 11.8 Å². The number of aliphatic hydroxyl groups is 1. The van der Waals surface area contributed by atoms with Crippen LogP contribution < -0.4 is 5.32 Å². The molecule has 2 aliphatic carbocycles. The maximum Gasteiger partial charge on any atom is 0.0624 e. The molecule has 0 aliphatic heterocycles. The molecular weight excluding hydrogens is 322 g/mol. The molecule has 0 saturated heterocycles.